The molecule has 1 aliphatic rings. The standard InChI is InChI=1S/C17H23N5OS/c1-3-4-12(2)19-15(23)11-24-17-21-20-16(22(17)14-5-6-14)13-7-9-18-10-8-13/h7-10,12,14H,3-6,11H2,1-2H3,(H,19,23)/t12-/m1/s1. The van der Waals surface area contributed by atoms with Crippen LogP contribution in [0.4, 0.5) is 0 Å². The van der Waals surface area contributed by atoms with Crippen molar-refractivity contribution in [2.24, 2.45) is 0 Å². The molecule has 0 unspecified atom stereocenters. The van der Waals surface area contributed by atoms with Crippen molar-refractivity contribution in [2.75, 3.05) is 5.75 Å². The Kier molecular flexibility index (Phi) is 5.50. The molecule has 2 aromatic heterocycles. The number of aromatic nitrogens is 4. The molecule has 1 saturated carbocycles. The Morgan fingerprint density at radius 3 is 2.79 bits per heavy atom. The lowest BCUT2D eigenvalue weighted by atomic mass is 10.2. The first kappa shape index (κ1) is 17.0. The predicted octanol–water partition coefficient (Wildman–Crippen LogP) is 3.07. The molecule has 0 bridgehead atoms. The van der Waals surface area contributed by atoms with Gasteiger partial charge in [0.1, 0.15) is 0 Å². The first-order chi connectivity index (χ1) is 11.7. The maximum absolute atomic E-state index is 12.1. The van der Waals surface area contributed by atoms with Crippen LogP contribution in [0.2, 0.25) is 0 Å². The van der Waals surface area contributed by atoms with E-state index in [0.717, 1.165) is 42.2 Å². The smallest absolute Gasteiger partial charge is 0.230 e. The highest BCUT2D eigenvalue weighted by Gasteiger charge is 2.30. The molecule has 128 valence electrons. The Bertz CT molecular complexity index is 684. The highest BCUT2D eigenvalue weighted by molar-refractivity contribution is 7.99. The fourth-order valence-corrected chi connectivity index (χ4v) is 3.50. The number of amides is 1. The van der Waals surface area contributed by atoms with Crippen molar-refractivity contribution in [3.8, 4) is 11.4 Å². The van der Waals surface area contributed by atoms with E-state index in [4.69, 9.17) is 0 Å². The second-order valence-corrected chi connectivity index (χ2v) is 7.13. The maximum Gasteiger partial charge on any atom is 0.230 e. The summed E-state index contributed by atoms with van der Waals surface area (Å²) in [6.45, 7) is 4.16. The maximum atomic E-state index is 12.1. The lowest BCUT2D eigenvalue weighted by Crippen LogP contribution is -2.33. The van der Waals surface area contributed by atoms with Gasteiger partial charge < -0.3 is 5.32 Å². The molecule has 2 aromatic rings. The van der Waals surface area contributed by atoms with E-state index in [9.17, 15) is 4.79 Å². The summed E-state index contributed by atoms with van der Waals surface area (Å²) < 4.78 is 2.17. The van der Waals surface area contributed by atoms with Gasteiger partial charge in [-0.25, -0.2) is 0 Å². The van der Waals surface area contributed by atoms with E-state index in [2.05, 4.69) is 32.0 Å². The van der Waals surface area contributed by atoms with Crippen LogP contribution in [0.25, 0.3) is 11.4 Å². The van der Waals surface area contributed by atoms with Crippen molar-refractivity contribution < 1.29 is 4.79 Å². The van der Waals surface area contributed by atoms with E-state index in [1.807, 2.05) is 19.1 Å². The molecule has 1 amide bonds. The fraction of sp³-hybridized carbons (Fsp3) is 0.529. The normalized spacial score (nSPS) is 15.2. The van der Waals surface area contributed by atoms with Gasteiger partial charge in [0.15, 0.2) is 11.0 Å². The lowest BCUT2D eigenvalue weighted by Gasteiger charge is -2.12. The van der Waals surface area contributed by atoms with Crippen LogP contribution in [0.1, 0.15) is 45.6 Å². The van der Waals surface area contributed by atoms with E-state index in [0.29, 0.717) is 11.8 Å². The molecule has 7 heteroatoms. The third kappa shape index (κ3) is 4.14. The molecular formula is C17H23N5OS. The minimum Gasteiger partial charge on any atom is -0.353 e. The van der Waals surface area contributed by atoms with Gasteiger partial charge in [0, 0.05) is 30.0 Å². The van der Waals surface area contributed by atoms with Crippen molar-refractivity contribution in [2.45, 2.75) is 56.8 Å². The summed E-state index contributed by atoms with van der Waals surface area (Å²) in [5.41, 5.74) is 1.01. The summed E-state index contributed by atoms with van der Waals surface area (Å²) in [4.78, 5) is 16.1. The fourth-order valence-electron chi connectivity index (χ4n) is 2.69. The Hall–Kier alpha value is -1.89. The molecule has 0 aliphatic heterocycles. The van der Waals surface area contributed by atoms with Crippen molar-refractivity contribution in [1.29, 1.82) is 0 Å². The molecule has 24 heavy (non-hydrogen) atoms. The predicted molar refractivity (Wildman–Crippen MR) is 94.8 cm³/mol. The molecule has 1 aliphatic carbocycles. The van der Waals surface area contributed by atoms with Crippen LogP contribution in [0.5, 0.6) is 0 Å². The third-order valence-electron chi connectivity index (χ3n) is 3.98. The van der Waals surface area contributed by atoms with Gasteiger partial charge in [0.2, 0.25) is 5.91 Å². The SMILES string of the molecule is CCC[C@@H](C)NC(=O)CSc1nnc(-c2ccncc2)n1C1CC1. The number of pyridine rings is 1. The molecular weight excluding hydrogens is 322 g/mol. The van der Waals surface area contributed by atoms with Crippen LogP contribution in [0.15, 0.2) is 29.7 Å². The summed E-state index contributed by atoms with van der Waals surface area (Å²) in [6, 6.07) is 4.55. The van der Waals surface area contributed by atoms with E-state index < -0.39 is 0 Å². The van der Waals surface area contributed by atoms with Crippen LogP contribution in [-0.2, 0) is 4.79 Å². The van der Waals surface area contributed by atoms with Crippen LogP contribution in [0, 0.1) is 0 Å². The molecule has 2 heterocycles. The largest absolute Gasteiger partial charge is 0.353 e. The number of nitrogens with zero attached hydrogens (tertiary/aromatic N) is 4. The molecule has 1 atom stereocenters. The number of carbonyl (C=O) groups excluding carboxylic acids is 1. The Balaban J connectivity index is 1.68. The van der Waals surface area contributed by atoms with E-state index in [-0.39, 0.29) is 11.9 Å². The average Bonchev–Trinajstić information content (AvgIpc) is 3.33. The van der Waals surface area contributed by atoms with E-state index >= 15 is 0 Å². The topological polar surface area (TPSA) is 72.7 Å². The van der Waals surface area contributed by atoms with Gasteiger partial charge in [-0.1, -0.05) is 25.1 Å². The Labute approximate surface area is 146 Å². The molecule has 6 nitrogen and oxygen atoms in total. The average molecular weight is 345 g/mol. The van der Waals surface area contributed by atoms with Gasteiger partial charge in [0.25, 0.3) is 0 Å². The first-order valence-corrected chi connectivity index (χ1v) is 9.45. The number of hydrogen-bond donors (Lipinski definition) is 1. The van der Waals surface area contributed by atoms with Crippen molar-refractivity contribution >= 4 is 17.7 Å². The molecule has 0 radical (unpaired) electrons. The number of thioether (sulfide) groups is 1. The van der Waals surface area contributed by atoms with Crippen LogP contribution < -0.4 is 5.32 Å². The van der Waals surface area contributed by atoms with Gasteiger partial charge in [0.05, 0.1) is 5.75 Å². The van der Waals surface area contributed by atoms with Crippen molar-refractivity contribution in [3.05, 3.63) is 24.5 Å². The Morgan fingerprint density at radius 1 is 1.38 bits per heavy atom. The zero-order valence-corrected chi connectivity index (χ0v) is 14.9. The van der Waals surface area contributed by atoms with Gasteiger partial charge in [-0.15, -0.1) is 10.2 Å². The number of carbonyl (C=O) groups is 1. The minimum atomic E-state index is 0.0526. The summed E-state index contributed by atoms with van der Waals surface area (Å²) in [7, 11) is 0. The number of rotatable bonds is 8. The van der Waals surface area contributed by atoms with Crippen molar-refractivity contribution in [1.82, 2.24) is 25.1 Å². The second-order valence-electron chi connectivity index (χ2n) is 6.19. The first-order valence-electron chi connectivity index (χ1n) is 8.46. The summed E-state index contributed by atoms with van der Waals surface area (Å²) >= 11 is 1.46. The van der Waals surface area contributed by atoms with Gasteiger partial charge in [-0.2, -0.15) is 0 Å². The van der Waals surface area contributed by atoms with Crippen LogP contribution in [-0.4, -0.2) is 37.5 Å². The molecule has 0 aromatic carbocycles. The lowest BCUT2D eigenvalue weighted by molar-refractivity contribution is -0.119. The summed E-state index contributed by atoms with van der Waals surface area (Å²) in [6.07, 6.45) is 7.88. The molecule has 0 spiro atoms. The zero-order chi connectivity index (χ0) is 16.9. The quantitative estimate of drug-likeness (QED) is 0.744. The molecule has 1 fully saturated rings. The molecule has 0 saturated heterocycles. The Morgan fingerprint density at radius 2 is 2.12 bits per heavy atom. The van der Waals surface area contributed by atoms with Crippen molar-refractivity contribution in [3.63, 3.8) is 0 Å². The number of nitrogens with one attached hydrogen (secondary N) is 1. The summed E-state index contributed by atoms with van der Waals surface area (Å²) in [5.74, 6) is 1.29. The highest BCUT2D eigenvalue weighted by Crippen LogP contribution is 2.40. The highest BCUT2D eigenvalue weighted by atomic mass is 32.2. The minimum absolute atomic E-state index is 0.0526. The van der Waals surface area contributed by atoms with E-state index in [1.54, 1.807) is 12.4 Å². The summed E-state index contributed by atoms with van der Waals surface area (Å²) in [5, 5.41) is 12.5. The van der Waals surface area contributed by atoms with Crippen LogP contribution in [0.3, 0.4) is 0 Å². The molecule has 1 N–H and O–H groups in total. The molecule has 3 rings (SSSR count). The van der Waals surface area contributed by atoms with Crippen LogP contribution >= 0.6 is 11.8 Å². The van der Waals surface area contributed by atoms with Gasteiger partial charge in [-0.05, 0) is 38.3 Å². The monoisotopic (exact) mass is 345 g/mol. The zero-order valence-electron chi connectivity index (χ0n) is 14.1. The van der Waals surface area contributed by atoms with Gasteiger partial charge in [-0.3, -0.25) is 14.3 Å². The number of hydrogen-bond acceptors (Lipinski definition) is 5. The second kappa shape index (κ2) is 7.79. The van der Waals surface area contributed by atoms with Gasteiger partial charge >= 0.3 is 0 Å². The van der Waals surface area contributed by atoms with E-state index in [1.165, 1.54) is 11.8 Å². The third-order valence-corrected chi connectivity index (χ3v) is 4.92.